The minimum absolute atomic E-state index is 0.685. The van der Waals surface area contributed by atoms with E-state index in [2.05, 4.69) is 48.1 Å². The topological polar surface area (TPSA) is 28.2 Å². The number of rotatable bonds is 5. The molecule has 2 unspecified atom stereocenters. The lowest BCUT2D eigenvalue weighted by Crippen LogP contribution is -2.40. The molecule has 2 rings (SSSR count). The number of likely N-dealkylation sites (tertiary alicyclic amines) is 1. The lowest BCUT2D eigenvalue weighted by Gasteiger charge is -2.36. The Kier molecular flexibility index (Phi) is 5.20. The molecule has 0 radical (unpaired) electrons. The van der Waals surface area contributed by atoms with Crippen molar-refractivity contribution in [1.29, 1.82) is 0 Å². The van der Waals surface area contributed by atoms with E-state index in [9.17, 15) is 0 Å². The standard InChI is InChI=1S/C16H27N3/c1-4-8-17-15-7-9-18-16(10-15)12-19-11-13(2)5-6-14(19)3/h7,9-10,13-14H,4-6,8,11-12H2,1-3H3,(H,17,18). The first-order chi connectivity index (χ1) is 9.19. The monoisotopic (exact) mass is 261 g/mol. The van der Waals surface area contributed by atoms with Crippen molar-refractivity contribution in [2.45, 2.75) is 52.6 Å². The van der Waals surface area contributed by atoms with Gasteiger partial charge in [0.05, 0.1) is 5.69 Å². The van der Waals surface area contributed by atoms with Crippen LogP contribution in [0.4, 0.5) is 5.69 Å². The molecule has 0 saturated carbocycles. The van der Waals surface area contributed by atoms with Gasteiger partial charge in [0.1, 0.15) is 0 Å². The summed E-state index contributed by atoms with van der Waals surface area (Å²) in [5.74, 6) is 0.817. The Bertz CT molecular complexity index is 391. The first kappa shape index (κ1) is 14.3. The fourth-order valence-electron chi connectivity index (χ4n) is 2.75. The highest BCUT2D eigenvalue weighted by atomic mass is 15.2. The molecule has 0 amide bonds. The van der Waals surface area contributed by atoms with Crippen molar-refractivity contribution in [3.63, 3.8) is 0 Å². The SMILES string of the molecule is CCCNc1ccnc(CN2CC(C)CCC2C)c1. The van der Waals surface area contributed by atoms with Crippen LogP contribution in [-0.2, 0) is 6.54 Å². The summed E-state index contributed by atoms with van der Waals surface area (Å²) >= 11 is 0. The molecule has 0 aromatic carbocycles. The lowest BCUT2D eigenvalue weighted by molar-refractivity contribution is 0.116. The van der Waals surface area contributed by atoms with Gasteiger partial charge < -0.3 is 5.32 Å². The van der Waals surface area contributed by atoms with Gasteiger partial charge in [-0.3, -0.25) is 9.88 Å². The van der Waals surface area contributed by atoms with Crippen LogP contribution in [0, 0.1) is 5.92 Å². The summed E-state index contributed by atoms with van der Waals surface area (Å²) in [6, 6.07) is 4.94. The third-order valence-electron chi connectivity index (χ3n) is 4.01. The molecule has 0 spiro atoms. The van der Waals surface area contributed by atoms with Crippen LogP contribution < -0.4 is 5.32 Å². The Morgan fingerprint density at radius 2 is 2.21 bits per heavy atom. The molecule has 1 aliphatic rings. The van der Waals surface area contributed by atoms with Crippen molar-refractivity contribution in [2.75, 3.05) is 18.4 Å². The van der Waals surface area contributed by atoms with E-state index in [1.165, 1.54) is 30.8 Å². The lowest BCUT2D eigenvalue weighted by atomic mass is 9.95. The number of hydrogen-bond acceptors (Lipinski definition) is 3. The molecule has 2 heterocycles. The van der Waals surface area contributed by atoms with Crippen molar-refractivity contribution < 1.29 is 0 Å². The van der Waals surface area contributed by atoms with Gasteiger partial charge in [0.15, 0.2) is 0 Å². The second kappa shape index (κ2) is 6.90. The van der Waals surface area contributed by atoms with Crippen LogP contribution in [0.5, 0.6) is 0 Å². The third-order valence-corrected chi connectivity index (χ3v) is 4.01. The van der Waals surface area contributed by atoms with Crippen LogP contribution in [0.3, 0.4) is 0 Å². The maximum Gasteiger partial charge on any atom is 0.0564 e. The van der Waals surface area contributed by atoms with Crippen molar-refractivity contribution in [1.82, 2.24) is 9.88 Å². The number of hydrogen-bond donors (Lipinski definition) is 1. The van der Waals surface area contributed by atoms with Crippen LogP contribution in [0.25, 0.3) is 0 Å². The van der Waals surface area contributed by atoms with E-state index in [1.807, 2.05) is 6.20 Å². The number of nitrogens with one attached hydrogen (secondary N) is 1. The van der Waals surface area contributed by atoms with Gasteiger partial charge in [-0.25, -0.2) is 0 Å². The molecule has 1 aromatic rings. The Morgan fingerprint density at radius 3 is 3.00 bits per heavy atom. The molecule has 3 heteroatoms. The van der Waals surface area contributed by atoms with E-state index in [0.29, 0.717) is 6.04 Å². The van der Waals surface area contributed by atoms with Crippen LogP contribution in [-0.4, -0.2) is 29.0 Å². The summed E-state index contributed by atoms with van der Waals surface area (Å²) in [4.78, 5) is 7.09. The van der Waals surface area contributed by atoms with Gasteiger partial charge in [0.2, 0.25) is 0 Å². The van der Waals surface area contributed by atoms with Gasteiger partial charge >= 0.3 is 0 Å². The normalized spacial score (nSPS) is 24.4. The average molecular weight is 261 g/mol. The van der Waals surface area contributed by atoms with Crippen molar-refractivity contribution >= 4 is 5.69 Å². The average Bonchev–Trinajstić information content (AvgIpc) is 2.41. The van der Waals surface area contributed by atoms with E-state index in [0.717, 1.165) is 25.4 Å². The highest BCUT2D eigenvalue weighted by Gasteiger charge is 2.22. The van der Waals surface area contributed by atoms with E-state index >= 15 is 0 Å². The molecule has 1 fully saturated rings. The van der Waals surface area contributed by atoms with Crippen molar-refractivity contribution in [3.05, 3.63) is 24.0 Å². The summed E-state index contributed by atoms with van der Waals surface area (Å²) in [5, 5.41) is 3.43. The molecule has 1 saturated heterocycles. The quantitative estimate of drug-likeness (QED) is 0.879. The third kappa shape index (κ3) is 4.20. The smallest absolute Gasteiger partial charge is 0.0564 e. The van der Waals surface area contributed by atoms with Gasteiger partial charge in [-0.05, 0) is 44.2 Å². The summed E-state index contributed by atoms with van der Waals surface area (Å²) in [7, 11) is 0. The van der Waals surface area contributed by atoms with Gasteiger partial charge in [0.25, 0.3) is 0 Å². The molecular formula is C16H27N3. The molecule has 1 aliphatic heterocycles. The van der Waals surface area contributed by atoms with Crippen LogP contribution in [0.2, 0.25) is 0 Å². The predicted molar refractivity (Wildman–Crippen MR) is 81.3 cm³/mol. The van der Waals surface area contributed by atoms with E-state index < -0.39 is 0 Å². The zero-order valence-corrected chi connectivity index (χ0v) is 12.5. The second-order valence-corrected chi connectivity index (χ2v) is 5.92. The number of nitrogens with zero attached hydrogens (tertiary/aromatic N) is 2. The molecular weight excluding hydrogens is 234 g/mol. The van der Waals surface area contributed by atoms with E-state index in [4.69, 9.17) is 0 Å². The number of pyridine rings is 1. The highest BCUT2D eigenvalue weighted by molar-refractivity contribution is 5.43. The van der Waals surface area contributed by atoms with Crippen LogP contribution in [0.1, 0.15) is 45.7 Å². The molecule has 1 N–H and O–H groups in total. The number of piperidine rings is 1. The molecule has 2 atom stereocenters. The summed E-state index contributed by atoms with van der Waals surface area (Å²) in [6.07, 6.45) is 5.75. The molecule has 19 heavy (non-hydrogen) atoms. The van der Waals surface area contributed by atoms with Crippen LogP contribution >= 0.6 is 0 Å². The fourth-order valence-corrected chi connectivity index (χ4v) is 2.75. The Labute approximate surface area is 117 Å². The van der Waals surface area contributed by atoms with E-state index in [-0.39, 0.29) is 0 Å². The summed E-state index contributed by atoms with van der Waals surface area (Å²) in [5.41, 5.74) is 2.38. The maximum absolute atomic E-state index is 4.52. The number of aromatic nitrogens is 1. The van der Waals surface area contributed by atoms with E-state index in [1.54, 1.807) is 0 Å². The fraction of sp³-hybridized carbons (Fsp3) is 0.688. The minimum atomic E-state index is 0.685. The zero-order valence-electron chi connectivity index (χ0n) is 12.5. The molecule has 0 aliphatic carbocycles. The maximum atomic E-state index is 4.52. The first-order valence-electron chi connectivity index (χ1n) is 7.62. The Balaban J connectivity index is 1.97. The highest BCUT2D eigenvalue weighted by Crippen LogP contribution is 2.23. The van der Waals surface area contributed by atoms with Crippen molar-refractivity contribution in [3.8, 4) is 0 Å². The molecule has 1 aromatic heterocycles. The number of anilines is 1. The summed E-state index contributed by atoms with van der Waals surface area (Å²) in [6.45, 7) is 10.1. The molecule has 106 valence electrons. The van der Waals surface area contributed by atoms with Gasteiger partial charge in [-0.15, -0.1) is 0 Å². The first-order valence-corrected chi connectivity index (χ1v) is 7.62. The predicted octanol–water partition coefficient (Wildman–Crippen LogP) is 3.52. The Hall–Kier alpha value is -1.09. The molecule has 0 bridgehead atoms. The summed E-state index contributed by atoms with van der Waals surface area (Å²) < 4.78 is 0. The van der Waals surface area contributed by atoms with Gasteiger partial charge in [0, 0.05) is 37.6 Å². The largest absolute Gasteiger partial charge is 0.385 e. The minimum Gasteiger partial charge on any atom is -0.385 e. The van der Waals surface area contributed by atoms with Gasteiger partial charge in [-0.2, -0.15) is 0 Å². The van der Waals surface area contributed by atoms with Gasteiger partial charge in [-0.1, -0.05) is 13.8 Å². The van der Waals surface area contributed by atoms with Crippen LogP contribution in [0.15, 0.2) is 18.3 Å². The van der Waals surface area contributed by atoms with Crippen molar-refractivity contribution in [2.24, 2.45) is 5.92 Å². The zero-order chi connectivity index (χ0) is 13.7. The Morgan fingerprint density at radius 1 is 1.37 bits per heavy atom. The second-order valence-electron chi connectivity index (χ2n) is 5.92. The molecule has 3 nitrogen and oxygen atoms in total.